The molecule has 0 atom stereocenters. The molecule has 0 saturated heterocycles. The van der Waals surface area contributed by atoms with E-state index in [4.69, 9.17) is 9.47 Å². The largest absolute Gasteiger partial charge is 0.492 e. The van der Waals surface area contributed by atoms with Crippen LogP contribution in [0.1, 0.15) is 39.2 Å². The molecule has 0 aliphatic carbocycles. The molecule has 1 aromatic carbocycles. The highest BCUT2D eigenvalue weighted by Crippen LogP contribution is 2.26. The van der Waals surface area contributed by atoms with Crippen LogP contribution in [0.3, 0.4) is 0 Å². The second-order valence-corrected chi connectivity index (χ2v) is 6.77. The molecule has 0 fully saturated rings. The van der Waals surface area contributed by atoms with Gasteiger partial charge in [0.2, 0.25) is 0 Å². The number of ether oxygens (including phenoxy) is 2. The fourth-order valence-corrected chi connectivity index (χ4v) is 2.21. The molecule has 1 aromatic rings. The summed E-state index contributed by atoms with van der Waals surface area (Å²) in [6.45, 7) is 8.87. The van der Waals surface area contributed by atoms with Crippen molar-refractivity contribution in [3.05, 3.63) is 28.2 Å². The Morgan fingerprint density at radius 1 is 1.15 bits per heavy atom. The van der Waals surface area contributed by atoms with E-state index in [0.29, 0.717) is 0 Å². The van der Waals surface area contributed by atoms with E-state index in [1.54, 1.807) is 7.11 Å². The lowest BCUT2D eigenvalue weighted by Gasteiger charge is -2.20. The van der Waals surface area contributed by atoms with Crippen molar-refractivity contribution in [2.45, 2.75) is 45.7 Å². The zero-order valence-electron chi connectivity index (χ0n) is 13.0. The molecule has 20 heavy (non-hydrogen) atoms. The van der Waals surface area contributed by atoms with Gasteiger partial charge in [0.15, 0.2) is 0 Å². The van der Waals surface area contributed by atoms with Gasteiger partial charge in [-0.15, -0.1) is 0 Å². The monoisotopic (exact) mass is 343 g/mol. The maximum absolute atomic E-state index is 5.76. The summed E-state index contributed by atoms with van der Waals surface area (Å²) in [5.41, 5.74) is 1.38. The molecule has 0 heterocycles. The highest BCUT2D eigenvalue weighted by Gasteiger charge is 2.09. The molecule has 0 aliphatic heterocycles. The Labute approximate surface area is 131 Å². The number of halogens is 1. The molecule has 4 heteroatoms. The van der Waals surface area contributed by atoms with Crippen LogP contribution in [0, 0.1) is 0 Å². The van der Waals surface area contributed by atoms with Crippen molar-refractivity contribution < 1.29 is 9.47 Å². The summed E-state index contributed by atoms with van der Waals surface area (Å²) in [6, 6.07) is 6.25. The summed E-state index contributed by atoms with van der Waals surface area (Å²) in [5.74, 6) is 0.905. The Hall–Kier alpha value is -0.580. The van der Waals surface area contributed by atoms with Gasteiger partial charge in [0.25, 0.3) is 0 Å². The van der Waals surface area contributed by atoms with Crippen LogP contribution in [-0.2, 0) is 11.3 Å². The number of hydrogen-bond donors (Lipinski definition) is 1. The van der Waals surface area contributed by atoms with Crippen molar-refractivity contribution in [2.75, 3.05) is 20.3 Å². The first-order valence-corrected chi connectivity index (χ1v) is 7.87. The summed E-state index contributed by atoms with van der Waals surface area (Å²) in [4.78, 5) is 0. The molecule has 114 valence electrons. The first kappa shape index (κ1) is 17.5. The van der Waals surface area contributed by atoms with Crippen LogP contribution in [0.2, 0.25) is 0 Å². The Bertz CT molecular complexity index is 402. The number of methoxy groups -OCH3 is 1. The van der Waals surface area contributed by atoms with Gasteiger partial charge in [-0.25, -0.2) is 0 Å². The van der Waals surface area contributed by atoms with Crippen molar-refractivity contribution in [1.29, 1.82) is 0 Å². The number of benzene rings is 1. The smallest absolute Gasteiger partial charge is 0.133 e. The average molecular weight is 344 g/mol. The maximum Gasteiger partial charge on any atom is 0.133 e. The van der Waals surface area contributed by atoms with Crippen molar-refractivity contribution in [3.63, 3.8) is 0 Å². The first-order chi connectivity index (χ1) is 9.42. The number of nitrogens with one attached hydrogen (secondary N) is 1. The van der Waals surface area contributed by atoms with Crippen LogP contribution >= 0.6 is 15.9 Å². The molecule has 1 N–H and O–H groups in total. The van der Waals surface area contributed by atoms with E-state index in [1.807, 2.05) is 6.07 Å². The lowest BCUT2D eigenvalue weighted by molar-refractivity contribution is 0.184. The molecule has 1 rings (SSSR count). The lowest BCUT2D eigenvalue weighted by Crippen LogP contribution is -2.35. The second-order valence-electron chi connectivity index (χ2n) is 5.92. The Morgan fingerprint density at radius 3 is 2.45 bits per heavy atom. The molecule has 0 amide bonds. The highest BCUT2D eigenvalue weighted by molar-refractivity contribution is 9.10. The molecule has 0 unspecified atom stereocenters. The number of rotatable bonds is 8. The third-order valence-electron chi connectivity index (χ3n) is 2.82. The van der Waals surface area contributed by atoms with Gasteiger partial charge in [0.1, 0.15) is 5.75 Å². The lowest BCUT2D eigenvalue weighted by atomic mass is 10.1. The predicted octanol–water partition coefficient (Wildman–Crippen LogP) is 4.14. The minimum absolute atomic E-state index is 0.128. The van der Waals surface area contributed by atoms with Crippen LogP contribution in [0.4, 0.5) is 0 Å². The van der Waals surface area contributed by atoms with Gasteiger partial charge in [-0.1, -0.05) is 6.07 Å². The standard InChI is InChI=1S/C16H26BrNO2/c1-16(2,3)18-12-13-7-8-15(14(17)11-13)20-10-6-5-9-19-4/h7-8,11,18H,5-6,9-10,12H2,1-4H3. The maximum atomic E-state index is 5.76. The molecular weight excluding hydrogens is 318 g/mol. The topological polar surface area (TPSA) is 30.5 Å². The van der Waals surface area contributed by atoms with Crippen LogP contribution in [0.25, 0.3) is 0 Å². The fraction of sp³-hybridized carbons (Fsp3) is 0.625. The molecule has 0 radical (unpaired) electrons. The van der Waals surface area contributed by atoms with E-state index in [0.717, 1.165) is 42.8 Å². The third kappa shape index (κ3) is 7.27. The quantitative estimate of drug-likeness (QED) is 0.719. The number of unbranched alkanes of at least 4 members (excludes halogenated alkanes) is 1. The van der Waals surface area contributed by atoms with Crippen molar-refractivity contribution in [2.24, 2.45) is 0 Å². The van der Waals surface area contributed by atoms with Gasteiger partial charge in [-0.2, -0.15) is 0 Å². The Balaban J connectivity index is 2.43. The SMILES string of the molecule is COCCCCOc1ccc(CNC(C)(C)C)cc1Br. The molecule has 3 nitrogen and oxygen atoms in total. The van der Waals surface area contributed by atoms with E-state index in [-0.39, 0.29) is 5.54 Å². The van der Waals surface area contributed by atoms with E-state index >= 15 is 0 Å². The minimum atomic E-state index is 0.128. The average Bonchev–Trinajstić information content (AvgIpc) is 2.37. The Morgan fingerprint density at radius 2 is 1.85 bits per heavy atom. The van der Waals surface area contributed by atoms with E-state index in [9.17, 15) is 0 Å². The summed E-state index contributed by atoms with van der Waals surface area (Å²) in [7, 11) is 1.72. The van der Waals surface area contributed by atoms with Gasteiger partial charge in [-0.3, -0.25) is 0 Å². The molecule has 0 aromatic heterocycles. The van der Waals surface area contributed by atoms with Gasteiger partial charge in [0.05, 0.1) is 11.1 Å². The van der Waals surface area contributed by atoms with Crippen molar-refractivity contribution in [3.8, 4) is 5.75 Å². The van der Waals surface area contributed by atoms with Gasteiger partial charge in [0, 0.05) is 25.8 Å². The van der Waals surface area contributed by atoms with Gasteiger partial charge in [-0.05, 0) is 67.2 Å². The van der Waals surface area contributed by atoms with E-state index in [1.165, 1.54) is 5.56 Å². The van der Waals surface area contributed by atoms with E-state index in [2.05, 4.69) is 54.2 Å². The van der Waals surface area contributed by atoms with Gasteiger partial charge < -0.3 is 14.8 Å². The van der Waals surface area contributed by atoms with Crippen LogP contribution in [-0.4, -0.2) is 25.9 Å². The predicted molar refractivity (Wildman–Crippen MR) is 87.3 cm³/mol. The summed E-state index contributed by atoms with van der Waals surface area (Å²) in [5, 5.41) is 3.48. The minimum Gasteiger partial charge on any atom is -0.492 e. The molecule has 0 saturated carbocycles. The van der Waals surface area contributed by atoms with Gasteiger partial charge >= 0.3 is 0 Å². The van der Waals surface area contributed by atoms with Crippen LogP contribution in [0.5, 0.6) is 5.75 Å². The highest BCUT2D eigenvalue weighted by atomic mass is 79.9. The van der Waals surface area contributed by atoms with E-state index < -0.39 is 0 Å². The third-order valence-corrected chi connectivity index (χ3v) is 3.44. The first-order valence-electron chi connectivity index (χ1n) is 7.07. The zero-order chi connectivity index (χ0) is 15.0. The zero-order valence-corrected chi connectivity index (χ0v) is 14.5. The fourth-order valence-electron chi connectivity index (χ4n) is 1.67. The molecule has 0 bridgehead atoms. The van der Waals surface area contributed by atoms with Crippen molar-refractivity contribution >= 4 is 15.9 Å². The Kier molecular flexibility index (Phi) is 7.56. The van der Waals surface area contributed by atoms with Crippen LogP contribution in [0.15, 0.2) is 22.7 Å². The summed E-state index contributed by atoms with van der Waals surface area (Å²) >= 11 is 3.57. The molecular formula is C16H26BrNO2. The summed E-state index contributed by atoms with van der Waals surface area (Å²) < 4.78 is 11.8. The molecule has 0 spiro atoms. The summed E-state index contributed by atoms with van der Waals surface area (Å²) in [6.07, 6.45) is 2.04. The second kappa shape index (κ2) is 8.65. The normalized spacial score (nSPS) is 11.7. The van der Waals surface area contributed by atoms with Crippen LogP contribution < -0.4 is 10.1 Å². The number of hydrogen-bond acceptors (Lipinski definition) is 3. The molecule has 0 aliphatic rings. The van der Waals surface area contributed by atoms with Crippen molar-refractivity contribution in [1.82, 2.24) is 5.32 Å².